The van der Waals surface area contributed by atoms with Crippen LogP contribution in [0.25, 0.3) is 0 Å². The molecule has 0 unspecified atom stereocenters. The molecule has 0 spiro atoms. The van der Waals surface area contributed by atoms with Crippen molar-refractivity contribution in [2.45, 2.75) is 19.3 Å². The highest BCUT2D eigenvalue weighted by atomic mass is 79.9. The van der Waals surface area contributed by atoms with Gasteiger partial charge in [0.2, 0.25) is 0 Å². The minimum atomic E-state index is -0.740. The normalized spacial score (nSPS) is 10.3. The average Bonchev–Trinajstić information content (AvgIpc) is 2.20. The zero-order valence-electron chi connectivity index (χ0n) is 8.97. The predicted octanol–water partition coefficient (Wildman–Crippen LogP) is 4.64. The van der Waals surface area contributed by atoms with E-state index in [0.29, 0.717) is 6.42 Å². The number of carboxylic acid groups (broad SMARTS) is 1. The SMILES string of the molecule is O=C(O)CCCCNc1c(Br)cc(Br)cc1Br. The lowest BCUT2D eigenvalue weighted by molar-refractivity contribution is -0.137. The monoisotopic (exact) mass is 427 g/mol. The number of aliphatic carboxylic acids is 1. The van der Waals surface area contributed by atoms with Crippen LogP contribution in [0.2, 0.25) is 0 Å². The van der Waals surface area contributed by atoms with E-state index < -0.39 is 5.97 Å². The molecule has 6 heteroatoms. The topological polar surface area (TPSA) is 49.3 Å². The van der Waals surface area contributed by atoms with Crippen LogP contribution in [0.4, 0.5) is 5.69 Å². The van der Waals surface area contributed by atoms with Crippen LogP contribution in [0.1, 0.15) is 19.3 Å². The van der Waals surface area contributed by atoms with Gasteiger partial charge in [-0.05, 0) is 56.8 Å². The molecule has 0 fully saturated rings. The number of benzene rings is 1. The van der Waals surface area contributed by atoms with Gasteiger partial charge in [0.25, 0.3) is 0 Å². The quantitative estimate of drug-likeness (QED) is 0.647. The van der Waals surface area contributed by atoms with E-state index in [2.05, 4.69) is 53.1 Å². The average molecular weight is 430 g/mol. The first kappa shape index (κ1) is 15.0. The van der Waals surface area contributed by atoms with Crippen LogP contribution in [0.5, 0.6) is 0 Å². The van der Waals surface area contributed by atoms with Crippen LogP contribution in [0, 0.1) is 0 Å². The molecule has 0 aromatic heterocycles. The van der Waals surface area contributed by atoms with Crippen molar-refractivity contribution < 1.29 is 9.90 Å². The molecular formula is C11H12Br3NO2. The summed E-state index contributed by atoms with van der Waals surface area (Å²) in [6.07, 6.45) is 1.75. The highest BCUT2D eigenvalue weighted by molar-refractivity contribution is 9.11. The Balaban J connectivity index is 2.44. The summed E-state index contributed by atoms with van der Waals surface area (Å²) < 4.78 is 2.93. The second-order valence-corrected chi connectivity index (χ2v) is 6.15. The number of halogens is 3. The predicted molar refractivity (Wildman–Crippen MR) is 79.5 cm³/mol. The third-order valence-electron chi connectivity index (χ3n) is 2.13. The molecule has 17 heavy (non-hydrogen) atoms. The summed E-state index contributed by atoms with van der Waals surface area (Å²) in [5, 5.41) is 11.8. The molecule has 0 aliphatic rings. The molecule has 0 bridgehead atoms. The molecule has 2 N–H and O–H groups in total. The number of hydrogen-bond donors (Lipinski definition) is 2. The van der Waals surface area contributed by atoms with E-state index in [0.717, 1.165) is 32.1 Å². The van der Waals surface area contributed by atoms with Crippen LogP contribution in [0.15, 0.2) is 25.6 Å². The van der Waals surface area contributed by atoms with E-state index in [4.69, 9.17) is 5.11 Å². The molecule has 1 aromatic rings. The van der Waals surface area contributed by atoms with Gasteiger partial charge in [-0.2, -0.15) is 0 Å². The Hall–Kier alpha value is -0.0700. The standard InChI is InChI=1S/C11H12Br3NO2/c12-7-5-8(13)11(9(14)6-7)15-4-2-1-3-10(16)17/h5-6,15H,1-4H2,(H,16,17). The fourth-order valence-corrected chi connectivity index (χ4v) is 3.86. The molecule has 3 nitrogen and oxygen atoms in total. The first-order chi connectivity index (χ1) is 8.00. The van der Waals surface area contributed by atoms with Gasteiger partial charge < -0.3 is 10.4 Å². The summed E-state index contributed by atoms with van der Waals surface area (Å²) in [4.78, 5) is 10.3. The number of carboxylic acids is 1. The van der Waals surface area contributed by atoms with E-state index in [1.807, 2.05) is 12.1 Å². The molecule has 94 valence electrons. The number of carbonyl (C=O) groups is 1. The molecule has 0 radical (unpaired) electrons. The van der Waals surface area contributed by atoms with E-state index in [9.17, 15) is 4.79 Å². The van der Waals surface area contributed by atoms with Crippen molar-refractivity contribution in [3.05, 3.63) is 25.6 Å². The highest BCUT2D eigenvalue weighted by Gasteiger charge is 2.06. The minimum Gasteiger partial charge on any atom is -0.481 e. The molecule has 1 aromatic carbocycles. The number of nitrogens with one attached hydrogen (secondary N) is 1. The Morgan fingerprint density at radius 1 is 1.18 bits per heavy atom. The third-order valence-corrected chi connectivity index (χ3v) is 3.83. The lowest BCUT2D eigenvalue weighted by atomic mass is 10.2. The molecule has 0 aliphatic heterocycles. The van der Waals surface area contributed by atoms with Gasteiger partial charge in [-0.1, -0.05) is 15.9 Å². The molecule has 0 heterocycles. The second kappa shape index (κ2) is 7.38. The van der Waals surface area contributed by atoms with Crippen molar-refractivity contribution in [1.29, 1.82) is 0 Å². The molecule has 1 rings (SSSR count). The van der Waals surface area contributed by atoms with Crippen molar-refractivity contribution in [3.63, 3.8) is 0 Å². The summed E-state index contributed by atoms with van der Waals surface area (Å²) in [5.41, 5.74) is 0.989. The van der Waals surface area contributed by atoms with E-state index >= 15 is 0 Å². The summed E-state index contributed by atoms with van der Waals surface area (Å²) >= 11 is 10.4. The van der Waals surface area contributed by atoms with Gasteiger partial charge >= 0.3 is 5.97 Å². The summed E-state index contributed by atoms with van der Waals surface area (Å²) in [5.74, 6) is -0.740. The Kier molecular flexibility index (Phi) is 6.51. The maximum Gasteiger partial charge on any atom is 0.303 e. The number of anilines is 1. The Morgan fingerprint density at radius 3 is 2.29 bits per heavy atom. The van der Waals surface area contributed by atoms with Crippen molar-refractivity contribution in [2.75, 3.05) is 11.9 Å². The fourth-order valence-electron chi connectivity index (χ4n) is 1.33. The van der Waals surface area contributed by atoms with Crippen LogP contribution in [0.3, 0.4) is 0 Å². The van der Waals surface area contributed by atoms with Crippen molar-refractivity contribution >= 4 is 59.4 Å². The zero-order chi connectivity index (χ0) is 12.8. The Bertz CT molecular complexity index is 387. The lowest BCUT2D eigenvalue weighted by Crippen LogP contribution is -2.04. The van der Waals surface area contributed by atoms with Crippen molar-refractivity contribution in [1.82, 2.24) is 0 Å². The first-order valence-electron chi connectivity index (χ1n) is 5.11. The number of rotatable bonds is 6. The Labute approximate surface area is 125 Å². The molecule has 0 saturated carbocycles. The number of unbranched alkanes of at least 4 members (excludes halogenated alkanes) is 1. The van der Waals surface area contributed by atoms with Crippen LogP contribution < -0.4 is 5.32 Å². The van der Waals surface area contributed by atoms with Crippen LogP contribution >= 0.6 is 47.8 Å². The lowest BCUT2D eigenvalue weighted by Gasteiger charge is -2.11. The first-order valence-corrected chi connectivity index (χ1v) is 7.49. The van der Waals surface area contributed by atoms with Crippen molar-refractivity contribution in [2.24, 2.45) is 0 Å². The second-order valence-electron chi connectivity index (χ2n) is 3.52. The maximum absolute atomic E-state index is 10.3. The molecule has 0 amide bonds. The van der Waals surface area contributed by atoms with Crippen LogP contribution in [-0.4, -0.2) is 17.6 Å². The van der Waals surface area contributed by atoms with Crippen LogP contribution in [-0.2, 0) is 4.79 Å². The maximum atomic E-state index is 10.3. The molecular weight excluding hydrogens is 418 g/mol. The van der Waals surface area contributed by atoms with E-state index in [1.54, 1.807) is 0 Å². The van der Waals surface area contributed by atoms with Gasteiger partial charge in [0.15, 0.2) is 0 Å². The number of hydrogen-bond acceptors (Lipinski definition) is 2. The highest BCUT2D eigenvalue weighted by Crippen LogP contribution is 2.34. The molecule has 0 saturated heterocycles. The molecule has 0 aliphatic carbocycles. The van der Waals surface area contributed by atoms with Crippen molar-refractivity contribution in [3.8, 4) is 0 Å². The van der Waals surface area contributed by atoms with Gasteiger partial charge in [-0.3, -0.25) is 4.79 Å². The Morgan fingerprint density at radius 2 is 1.76 bits per heavy atom. The summed E-state index contributed by atoms with van der Waals surface area (Å²) in [7, 11) is 0. The van der Waals surface area contributed by atoms with E-state index in [1.165, 1.54) is 0 Å². The largest absolute Gasteiger partial charge is 0.481 e. The minimum absolute atomic E-state index is 0.227. The van der Waals surface area contributed by atoms with Gasteiger partial charge in [0, 0.05) is 26.4 Å². The van der Waals surface area contributed by atoms with Gasteiger partial charge in [0.1, 0.15) is 0 Å². The van der Waals surface area contributed by atoms with Gasteiger partial charge in [0.05, 0.1) is 5.69 Å². The van der Waals surface area contributed by atoms with E-state index in [-0.39, 0.29) is 6.42 Å². The van der Waals surface area contributed by atoms with Gasteiger partial charge in [-0.15, -0.1) is 0 Å². The summed E-state index contributed by atoms with van der Waals surface area (Å²) in [6.45, 7) is 0.756. The zero-order valence-corrected chi connectivity index (χ0v) is 13.7. The summed E-state index contributed by atoms with van der Waals surface area (Å²) in [6, 6.07) is 3.93. The van der Waals surface area contributed by atoms with Gasteiger partial charge in [-0.25, -0.2) is 0 Å². The third kappa shape index (κ3) is 5.40. The molecule has 0 atom stereocenters. The smallest absolute Gasteiger partial charge is 0.303 e. The fraction of sp³-hybridized carbons (Fsp3) is 0.364.